The molecule has 1 aliphatic rings. The molecule has 1 aliphatic carbocycles. The van der Waals surface area contributed by atoms with E-state index in [1.165, 1.54) is 66.1 Å². The first-order chi connectivity index (χ1) is 24.8. The van der Waals surface area contributed by atoms with E-state index in [0.717, 1.165) is 33.9 Å². The van der Waals surface area contributed by atoms with Crippen LogP contribution in [0, 0.1) is 0 Å². The normalized spacial score (nSPS) is 11.6. The Kier molecular flexibility index (Phi) is 6.53. The maximum atomic E-state index is 5.09. The third-order valence-electron chi connectivity index (χ3n) is 10.1. The highest BCUT2D eigenvalue weighted by molar-refractivity contribution is 6.27. The summed E-state index contributed by atoms with van der Waals surface area (Å²) in [5, 5.41) is 5.08. The number of rotatable bonds is 4. The van der Waals surface area contributed by atoms with Crippen molar-refractivity contribution in [2.45, 2.75) is 0 Å². The van der Waals surface area contributed by atoms with Crippen molar-refractivity contribution in [3.63, 3.8) is 0 Å². The highest BCUT2D eigenvalue weighted by Gasteiger charge is 2.25. The minimum absolute atomic E-state index is 0.720. The topological polar surface area (TPSA) is 25.8 Å². The first-order valence-electron chi connectivity index (χ1n) is 17.1. The zero-order valence-corrected chi connectivity index (χ0v) is 27.2. The highest BCUT2D eigenvalue weighted by Crippen LogP contribution is 2.52. The monoisotopic (exact) mass is 634 g/mol. The van der Waals surface area contributed by atoms with Gasteiger partial charge in [-0.1, -0.05) is 176 Å². The Labute approximate surface area is 291 Å². The van der Waals surface area contributed by atoms with Gasteiger partial charge < -0.3 is 0 Å². The van der Waals surface area contributed by atoms with Crippen LogP contribution in [0.2, 0.25) is 0 Å². The van der Waals surface area contributed by atoms with Crippen LogP contribution in [-0.4, -0.2) is 9.97 Å². The third kappa shape index (κ3) is 4.50. The molecule has 2 heteroatoms. The van der Waals surface area contributed by atoms with Crippen molar-refractivity contribution in [1.29, 1.82) is 0 Å². The highest BCUT2D eigenvalue weighted by atomic mass is 14.9. The maximum absolute atomic E-state index is 5.09. The van der Waals surface area contributed by atoms with Gasteiger partial charge in [0.2, 0.25) is 0 Å². The summed E-state index contributed by atoms with van der Waals surface area (Å²) in [5.41, 5.74) is 15.0. The molecule has 0 N–H and O–H groups in total. The van der Waals surface area contributed by atoms with E-state index < -0.39 is 0 Å². The van der Waals surface area contributed by atoms with Crippen LogP contribution >= 0.6 is 0 Å². The molecule has 8 aromatic carbocycles. The fraction of sp³-hybridized carbons (Fsp3) is 0. The molecule has 50 heavy (non-hydrogen) atoms. The van der Waals surface area contributed by atoms with E-state index >= 15 is 0 Å². The van der Waals surface area contributed by atoms with Crippen molar-refractivity contribution in [3.05, 3.63) is 182 Å². The number of aromatic nitrogens is 2. The average molecular weight is 635 g/mol. The van der Waals surface area contributed by atoms with Gasteiger partial charge in [-0.2, -0.15) is 0 Å². The molecule has 1 aromatic heterocycles. The lowest BCUT2D eigenvalue weighted by atomic mass is 9.84. The Hall–Kier alpha value is -6.64. The number of fused-ring (bicyclic) bond motifs is 7. The summed E-state index contributed by atoms with van der Waals surface area (Å²) in [6.07, 6.45) is 0. The molecule has 0 fully saturated rings. The molecule has 0 radical (unpaired) electrons. The Bertz CT molecular complexity index is 2670. The summed E-state index contributed by atoms with van der Waals surface area (Å²) in [7, 11) is 0. The molecule has 0 saturated carbocycles. The number of benzene rings is 8. The van der Waals surface area contributed by atoms with Crippen molar-refractivity contribution in [2.24, 2.45) is 0 Å². The second-order valence-electron chi connectivity index (χ2n) is 12.9. The van der Waals surface area contributed by atoms with E-state index in [2.05, 4.69) is 158 Å². The molecule has 0 bridgehead atoms. The summed E-state index contributed by atoms with van der Waals surface area (Å²) in [5.74, 6) is 0.720. The fourth-order valence-electron chi connectivity index (χ4n) is 7.81. The Morgan fingerprint density at radius 1 is 0.280 bits per heavy atom. The van der Waals surface area contributed by atoms with E-state index in [0.29, 0.717) is 0 Å². The molecule has 0 amide bonds. The van der Waals surface area contributed by atoms with Crippen LogP contribution in [0.3, 0.4) is 0 Å². The van der Waals surface area contributed by atoms with Crippen LogP contribution in [0.25, 0.3) is 100.0 Å². The van der Waals surface area contributed by atoms with Crippen LogP contribution in [0.1, 0.15) is 0 Å². The predicted molar refractivity (Wildman–Crippen MR) is 209 cm³/mol. The van der Waals surface area contributed by atoms with Gasteiger partial charge in [0.25, 0.3) is 0 Å². The van der Waals surface area contributed by atoms with Crippen LogP contribution in [0.15, 0.2) is 182 Å². The van der Waals surface area contributed by atoms with Gasteiger partial charge in [-0.05, 0) is 72.1 Å². The van der Waals surface area contributed by atoms with Gasteiger partial charge >= 0.3 is 0 Å². The van der Waals surface area contributed by atoms with Crippen molar-refractivity contribution >= 4 is 21.5 Å². The molecule has 0 atom stereocenters. The first-order valence-corrected chi connectivity index (χ1v) is 17.1. The van der Waals surface area contributed by atoms with Crippen LogP contribution in [-0.2, 0) is 0 Å². The lowest BCUT2D eigenvalue weighted by Gasteiger charge is -2.19. The summed E-state index contributed by atoms with van der Waals surface area (Å²) in [4.78, 5) is 10.1. The molecule has 0 saturated heterocycles. The summed E-state index contributed by atoms with van der Waals surface area (Å²) >= 11 is 0. The molecule has 10 rings (SSSR count). The van der Waals surface area contributed by atoms with E-state index in [1.54, 1.807) is 0 Å². The molecule has 1 heterocycles. The summed E-state index contributed by atoms with van der Waals surface area (Å²) in [6.45, 7) is 0. The lowest BCUT2D eigenvalue weighted by molar-refractivity contribution is 1.18. The second-order valence-corrected chi connectivity index (χ2v) is 12.9. The van der Waals surface area contributed by atoms with Gasteiger partial charge in [-0.3, -0.25) is 0 Å². The molecule has 232 valence electrons. The van der Waals surface area contributed by atoms with Gasteiger partial charge in [0.15, 0.2) is 5.82 Å². The van der Waals surface area contributed by atoms with Crippen molar-refractivity contribution < 1.29 is 0 Å². The third-order valence-corrected chi connectivity index (χ3v) is 10.1. The lowest BCUT2D eigenvalue weighted by Crippen LogP contribution is -1.96. The number of hydrogen-bond acceptors (Lipinski definition) is 2. The van der Waals surface area contributed by atoms with Crippen LogP contribution < -0.4 is 0 Å². The zero-order valence-electron chi connectivity index (χ0n) is 27.2. The van der Waals surface area contributed by atoms with Crippen LogP contribution in [0.4, 0.5) is 0 Å². The van der Waals surface area contributed by atoms with E-state index in [1.807, 2.05) is 24.3 Å². The number of hydrogen-bond donors (Lipinski definition) is 0. The maximum Gasteiger partial charge on any atom is 0.160 e. The molecule has 0 spiro atoms. The van der Waals surface area contributed by atoms with Crippen molar-refractivity contribution in [3.8, 4) is 78.4 Å². The first kappa shape index (κ1) is 28.4. The minimum Gasteiger partial charge on any atom is -0.228 e. The largest absolute Gasteiger partial charge is 0.228 e. The second kappa shape index (κ2) is 11.5. The molecular weight excluding hydrogens is 605 g/mol. The van der Waals surface area contributed by atoms with Crippen molar-refractivity contribution in [2.75, 3.05) is 0 Å². The molecule has 0 aliphatic heterocycles. The molecule has 9 aromatic rings. The van der Waals surface area contributed by atoms with Gasteiger partial charge in [0.05, 0.1) is 11.4 Å². The number of nitrogens with zero attached hydrogens (tertiary/aromatic N) is 2. The summed E-state index contributed by atoms with van der Waals surface area (Å²) < 4.78 is 0. The standard InChI is InChI=1S/C48H30N2/c1-3-14-31(15-4-1)43-30-44(50-48(49-43)34-16-5-2-6-17-34)32-26-28-33(29-27-32)45-40-22-11-12-23-41(40)46-38-21-10-9-20-36(38)35-18-7-8-19-37(35)39-24-13-25-42(45)47(39)46/h1-30H. The zero-order chi connectivity index (χ0) is 33.0. The van der Waals surface area contributed by atoms with Crippen molar-refractivity contribution in [1.82, 2.24) is 9.97 Å². The van der Waals surface area contributed by atoms with Crippen LogP contribution in [0.5, 0.6) is 0 Å². The average Bonchev–Trinajstić information content (AvgIpc) is 3.32. The minimum atomic E-state index is 0.720. The Morgan fingerprint density at radius 3 is 1.38 bits per heavy atom. The van der Waals surface area contributed by atoms with E-state index in [9.17, 15) is 0 Å². The SMILES string of the molecule is c1ccc(-c2cc(-c3ccc(-c4c5ccccc5c5c6c(cccc46)-c4ccccc4-c4ccccc4-5)cc3)nc(-c3ccccc3)n2)cc1. The molecular formula is C48H30N2. The van der Waals surface area contributed by atoms with E-state index in [4.69, 9.17) is 9.97 Å². The quantitative estimate of drug-likeness (QED) is 0.180. The van der Waals surface area contributed by atoms with Gasteiger partial charge in [0, 0.05) is 16.7 Å². The predicted octanol–water partition coefficient (Wildman–Crippen LogP) is 12.8. The summed E-state index contributed by atoms with van der Waals surface area (Å²) in [6, 6.07) is 65.1. The molecule has 0 unspecified atom stereocenters. The molecule has 2 nitrogen and oxygen atoms in total. The van der Waals surface area contributed by atoms with Gasteiger partial charge in [-0.15, -0.1) is 0 Å². The smallest absolute Gasteiger partial charge is 0.160 e. The van der Waals surface area contributed by atoms with E-state index in [-0.39, 0.29) is 0 Å². The van der Waals surface area contributed by atoms with Gasteiger partial charge in [-0.25, -0.2) is 9.97 Å². The fourth-order valence-corrected chi connectivity index (χ4v) is 7.81. The van der Waals surface area contributed by atoms with Gasteiger partial charge in [0.1, 0.15) is 0 Å². The Balaban J connectivity index is 1.20. The Morgan fingerprint density at radius 2 is 0.720 bits per heavy atom.